The van der Waals surface area contributed by atoms with Crippen LogP contribution in [0.15, 0.2) is 30.6 Å². The number of aryl methyl sites for hydroxylation is 1. The molecule has 0 aliphatic carbocycles. The highest BCUT2D eigenvalue weighted by molar-refractivity contribution is 14.1. The van der Waals surface area contributed by atoms with Gasteiger partial charge in [0.2, 0.25) is 0 Å². The summed E-state index contributed by atoms with van der Waals surface area (Å²) in [6.07, 6.45) is 3.48. The van der Waals surface area contributed by atoms with Gasteiger partial charge in [0.15, 0.2) is 0 Å². The zero-order valence-corrected chi connectivity index (χ0v) is 10.7. The number of nitrogens with zero attached hydrogens (tertiary/aromatic N) is 2. The van der Waals surface area contributed by atoms with Gasteiger partial charge in [-0.3, -0.25) is 0 Å². The fourth-order valence-corrected chi connectivity index (χ4v) is 1.84. The molecule has 0 aliphatic rings. The Morgan fingerprint density at radius 1 is 1.50 bits per heavy atom. The summed E-state index contributed by atoms with van der Waals surface area (Å²) in [6, 6.07) is 5.28. The number of benzene rings is 1. The quantitative estimate of drug-likeness (QED) is 0.862. The van der Waals surface area contributed by atoms with Gasteiger partial charge in [-0.15, -0.1) is 0 Å². The molecule has 0 amide bonds. The predicted octanol–water partition coefficient (Wildman–Crippen LogP) is 2.48. The average Bonchev–Trinajstić information content (AvgIpc) is 2.64. The lowest BCUT2D eigenvalue weighted by Crippen LogP contribution is -2.06. The number of hydrogen-bond acceptors (Lipinski definition) is 2. The second kappa shape index (κ2) is 4.25. The molecule has 4 nitrogen and oxygen atoms in total. The van der Waals surface area contributed by atoms with E-state index < -0.39 is 5.97 Å². The Hall–Kier alpha value is -1.37. The Morgan fingerprint density at radius 2 is 2.25 bits per heavy atom. The maximum Gasteiger partial charge on any atom is 0.337 e. The first-order valence-electron chi connectivity index (χ1n) is 4.62. The lowest BCUT2D eigenvalue weighted by molar-refractivity contribution is 0.0696. The standard InChI is InChI=1S/C11H9IN2O2/c1-7-2-3-10(9(4-7)11(15)16)14-6-8(12)5-13-14/h2-6H,1H3,(H,15,16). The van der Waals surface area contributed by atoms with Crippen molar-refractivity contribution >= 4 is 28.6 Å². The number of hydrogen-bond donors (Lipinski definition) is 1. The van der Waals surface area contributed by atoms with E-state index >= 15 is 0 Å². The largest absolute Gasteiger partial charge is 0.478 e. The van der Waals surface area contributed by atoms with Crippen LogP contribution in [0.2, 0.25) is 0 Å². The van der Waals surface area contributed by atoms with Crippen molar-refractivity contribution in [3.63, 3.8) is 0 Å². The lowest BCUT2D eigenvalue weighted by atomic mass is 10.1. The van der Waals surface area contributed by atoms with Gasteiger partial charge >= 0.3 is 5.97 Å². The van der Waals surface area contributed by atoms with Crippen LogP contribution in [0.4, 0.5) is 0 Å². The van der Waals surface area contributed by atoms with Gasteiger partial charge in [-0.25, -0.2) is 9.48 Å². The first-order chi connectivity index (χ1) is 7.58. The van der Waals surface area contributed by atoms with E-state index in [1.54, 1.807) is 29.2 Å². The molecule has 1 heterocycles. The van der Waals surface area contributed by atoms with Crippen molar-refractivity contribution in [2.24, 2.45) is 0 Å². The van der Waals surface area contributed by atoms with Crippen molar-refractivity contribution < 1.29 is 9.90 Å². The molecule has 16 heavy (non-hydrogen) atoms. The van der Waals surface area contributed by atoms with Gasteiger partial charge in [-0.2, -0.15) is 5.10 Å². The smallest absolute Gasteiger partial charge is 0.337 e. The molecule has 1 aromatic carbocycles. The van der Waals surface area contributed by atoms with E-state index in [0.717, 1.165) is 9.13 Å². The van der Waals surface area contributed by atoms with Crippen LogP contribution in [0.5, 0.6) is 0 Å². The van der Waals surface area contributed by atoms with Crippen molar-refractivity contribution in [1.29, 1.82) is 0 Å². The summed E-state index contributed by atoms with van der Waals surface area (Å²) in [7, 11) is 0. The first-order valence-corrected chi connectivity index (χ1v) is 5.70. The second-order valence-electron chi connectivity index (χ2n) is 3.43. The minimum absolute atomic E-state index is 0.263. The fourth-order valence-electron chi connectivity index (χ4n) is 1.45. The maximum atomic E-state index is 11.1. The van der Waals surface area contributed by atoms with Crippen LogP contribution in [0, 0.1) is 10.5 Å². The number of carbonyl (C=O) groups is 1. The summed E-state index contributed by atoms with van der Waals surface area (Å²) < 4.78 is 2.54. The number of carboxylic acid groups (broad SMARTS) is 1. The third-order valence-electron chi connectivity index (χ3n) is 2.18. The Kier molecular flexibility index (Phi) is 2.95. The molecule has 0 aliphatic heterocycles. The number of aromatic nitrogens is 2. The van der Waals surface area contributed by atoms with Gasteiger partial charge in [0.1, 0.15) is 0 Å². The summed E-state index contributed by atoms with van der Waals surface area (Å²) in [5, 5.41) is 13.2. The molecule has 1 N–H and O–H groups in total. The van der Waals surface area contributed by atoms with Crippen LogP contribution in [0.1, 0.15) is 15.9 Å². The van der Waals surface area contributed by atoms with E-state index in [1.165, 1.54) is 0 Å². The van der Waals surface area contributed by atoms with Gasteiger partial charge < -0.3 is 5.11 Å². The number of rotatable bonds is 2. The molecule has 5 heteroatoms. The van der Waals surface area contributed by atoms with E-state index in [0.29, 0.717) is 5.69 Å². The normalized spacial score (nSPS) is 10.4. The van der Waals surface area contributed by atoms with Crippen molar-refractivity contribution in [2.45, 2.75) is 6.92 Å². The van der Waals surface area contributed by atoms with Crippen LogP contribution in [-0.4, -0.2) is 20.9 Å². The van der Waals surface area contributed by atoms with Crippen LogP contribution in [0.3, 0.4) is 0 Å². The molecule has 0 saturated heterocycles. The Morgan fingerprint density at radius 3 is 2.81 bits per heavy atom. The molecular weight excluding hydrogens is 319 g/mol. The van der Waals surface area contributed by atoms with E-state index in [-0.39, 0.29) is 5.56 Å². The minimum atomic E-state index is -0.941. The van der Waals surface area contributed by atoms with E-state index in [2.05, 4.69) is 27.7 Å². The van der Waals surface area contributed by atoms with E-state index in [1.807, 2.05) is 13.0 Å². The summed E-state index contributed by atoms with van der Waals surface area (Å²) in [5.41, 5.74) is 1.77. The molecule has 0 unspecified atom stereocenters. The number of carboxylic acids is 1. The van der Waals surface area contributed by atoms with Crippen LogP contribution in [-0.2, 0) is 0 Å². The molecule has 82 valence electrons. The zero-order chi connectivity index (χ0) is 11.7. The average molecular weight is 328 g/mol. The maximum absolute atomic E-state index is 11.1. The van der Waals surface area contributed by atoms with Crippen molar-refractivity contribution in [1.82, 2.24) is 9.78 Å². The van der Waals surface area contributed by atoms with Crippen molar-refractivity contribution in [2.75, 3.05) is 0 Å². The van der Waals surface area contributed by atoms with Crippen LogP contribution >= 0.6 is 22.6 Å². The number of aromatic carboxylic acids is 1. The molecule has 0 spiro atoms. The topological polar surface area (TPSA) is 55.1 Å². The molecule has 0 saturated carbocycles. The lowest BCUT2D eigenvalue weighted by Gasteiger charge is -2.06. The number of halogens is 1. The third kappa shape index (κ3) is 2.08. The van der Waals surface area contributed by atoms with Gasteiger partial charge in [-0.05, 0) is 41.6 Å². The summed E-state index contributed by atoms with van der Waals surface area (Å²) in [6.45, 7) is 1.86. The van der Waals surface area contributed by atoms with Gasteiger partial charge in [0.25, 0.3) is 0 Å². The minimum Gasteiger partial charge on any atom is -0.478 e. The predicted molar refractivity (Wildman–Crippen MR) is 68.0 cm³/mol. The Labute approximate surface area is 106 Å². The molecule has 1 aromatic heterocycles. The summed E-state index contributed by atoms with van der Waals surface area (Å²) in [4.78, 5) is 11.1. The first kappa shape index (κ1) is 11.1. The van der Waals surface area contributed by atoms with Gasteiger partial charge in [-0.1, -0.05) is 11.6 Å². The zero-order valence-electron chi connectivity index (χ0n) is 8.51. The highest BCUT2D eigenvalue weighted by Crippen LogP contribution is 2.17. The fraction of sp³-hybridized carbons (Fsp3) is 0.0909. The molecule has 2 aromatic rings. The summed E-state index contributed by atoms with van der Waals surface area (Å²) >= 11 is 2.13. The Balaban J connectivity index is 2.60. The Bertz CT molecular complexity index is 549. The van der Waals surface area contributed by atoms with Gasteiger partial charge in [0, 0.05) is 6.20 Å². The van der Waals surface area contributed by atoms with E-state index in [9.17, 15) is 4.79 Å². The second-order valence-corrected chi connectivity index (χ2v) is 4.67. The molecule has 2 rings (SSSR count). The van der Waals surface area contributed by atoms with Crippen molar-refractivity contribution in [3.05, 3.63) is 45.3 Å². The van der Waals surface area contributed by atoms with Gasteiger partial charge in [0.05, 0.1) is 21.0 Å². The van der Waals surface area contributed by atoms with Crippen LogP contribution in [0.25, 0.3) is 5.69 Å². The molecular formula is C11H9IN2O2. The van der Waals surface area contributed by atoms with Crippen molar-refractivity contribution in [3.8, 4) is 5.69 Å². The molecule has 0 bridgehead atoms. The third-order valence-corrected chi connectivity index (χ3v) is 2.74. The highest BCUT2D eigenvalue weighted by atomic mass is 127. The highest BCUT2D eigenvalue weighted by Gasteiger charge is 2.12. The van der Waals surface area contributed by atoms with E-state index in [4.69, 9.17) is 5.11 Å². The molecule has 0 fully saturated rings. The molecule has 0 radical (unpaired) electrons. The monoisotopic (exact) mass is 328 g/mol. The van der Waals surface area contributed by atoms with Crippen LogP contribution < -0.4 is 0 Å². The SMILES string of the molecule is Cc1ccc(-n2cc(I)cn2)c(C(=O)O)c1. The molecule has 0 atom stereocenters. The summed E-state index contributed by atoms with van der Waals surface area (Å²) in [5.74, 6) is -0.941.